The zero-order chi connectivity index (χ0) is 51.6. The number of likely N-dealkylation sites (tertiary alicyclic amines) is 1. The lowest BCUT2D eigenvalue weighted by molar-refractivity contribution is -0.135. The van der Waals surface area contributed by atoms with Crippen LogP contribution in [0.5, 0.6) is 5.75 Å². The Morgan fingerprint density at radius 2 is 1.67 bits per heavy atom. The number of hydrogen-bond donors (Lipinski definition) is 5. The summed E-state index contributed by atoms with van der Waals surface area (Å²) in [5, 5.41) is 30.5. The fourth-order valence-corrected chi connectivity index (χ4v) is 10.0. The lowest BCUT2D eigenvalue weighted by Gasteiger charge is -2.38. The Morgan fingerprint density at radius 1 is 0.931 bits per heavy atom. The van der Waals surface area contributed by atoms with E-state index in [2.05, 4.69) is 27.3 Å². The van der Waals surface area contributed by atoms with E-state index < -0.39 is 72.4 Å². The summed E-state index contributed by atoms with van der Waals surface area (Å²) in [4.78, 5) is 97.2. The van der Waals surface area contributed by atoms with Gasteiger partial charge in [0.15, 0.2) is 0 Å². The summed E-state index contributed by atoms with van der Waals surface area (Å²) in [7, 11) is 7.79. The first-order chi connectivity index (χ1) is 34.3. The Labute approximate surface area is 415 Å². The third kappa shape index (κ3) is 11.0. The van der Waals surface area contributed by atoms with Crippen LogP contribution < -0.4 is 30.9 Å². The molecule has 378 valence electrons. The number of carbonyl (C=O) groups excluding carboxylic acids is 6. The molecule has 6 amide bonds. The zero-order valence-electron chi connectivity index (χ0n) is 40.4. The highest BCUT2D eigenvalue weighted by atomic mass is 19.3. The number of benzene rings is 3. The number of aromatic carboxylic acids is 1. The van der Waals surface area contributed by atoms with Crippen molar-refractivity contribution < 1.29 is 52.2 Å². The third-order valence-corrected chi connectivity index (χ3v) is 13.9. The van der Waals surface area contributed by atoms with Crippen molar-refractivity contribution in [2.24, 2.45) is 11.8 Å². The average Bonchev–Trinajstić information content (AvgIpc) is 4.06. The second kappa shape index (κ2) is 21.0. The van der Waals surface area contributed by atoms with Gasteiger partial charge in [-0.25, -0.2) is 13.6 Å². The number of likely N-dealkylation sites (N-methyl/N-ethyl adjacent to an activating group) is 1. The van der Waals surface area contributed by atoms with Gasteiger partial charge in [0.25, 0.3) is 11.8 Å². The molecule has 3 aromatic carbocycles. The van der Waals surface area contributed by atoms with E-state index >= 15 is 0 Å². The number of anilines is 1. The number of fused-ring (bicyclic) bond motifs is 3. The molecule has 6 atom stereocenters. The second-order valence-electron chi connectivity index (χ2n) is 19.3. The molecule has 4 aliphatic heterocycles. The Balaban J connectivity index is 0.784. The number of rotatable bonds is 16. The van der Waals surface area contributed by atoms with Gasteiger partial charge in [-0.15, -0.1) is 0 Å². The molecule has 0 radical (unpaired) electrons. The van der Waals surface area contributed by atoms with Crippen LogP contribution >= 0.6 is 0 Å². The second-order valence-corrected chi connectivity index (χ2v) is 19.3. The average molecular weight is 990 g/mol. The molecule has 2 fully saturated rings. The molecular formula is C52H57F2N9O9. The van der Waals surface area contributed by atoms with E-state index in [0.717, 1.165) is 32.8 Å². The summed E-state index contributed by atoms with van der Waals surface area (Å²) in [5.74, 6) is -7.58. The first-order valence-electron chi connectivity index (χ1n) is 23.8. The predicted octanol–water partition coefficient (Wildman–Crippen LogP) is 3.41. The SMILES string of the molecule is CN(C)c1ccc2c(c1)OC1=CC(N(C)C)C=CC1C2c1ccc(C(=O)NCCNC(=O)CCC(=O)NCc2cccc3c2CN(C(=O)C[C@@H]2C[C@@H](C(=O)N4CC(F)(F)C[C@H]4C#N)NC2=O)C3)cc1C(=O)O. The fraction of sp³-hybridized carbons (Fsp3) is 0.423. The predicted molar refractivity (Wildman–Crippen MR) is 257 cm³/mol. The standard InChI is InChI=1S/C52H57F2N9O9/c1-60(2)33-9-12-37-42(21-33)72-43-22-34(61(3)4)10-13-38(43)47(37)36-11-8-29(18-39(36)51(70)71)48(67)57-17-16-56-44(64)14-15-45(65)58-25-30-6-5-7-31-26-62(27-40(30)31)46(66)20-32-19-41(59-49(32)68)50(69)63-28-52(53,54)23-35(63)24-55/h5-13,18,21-22,32-33,35,37,41,47H,14-17,19-20,23,25-28H2,1-4H3,(H,56,64)(H,57,67)(H,58,65)(H,59,68)(H,70,71)/t32-,33?,35-,37?,41-,47?/m0/s1. The van der Waals surface area contributed by atoms with Gasteiger partial charge in [0.2, 0.25) is 29.5 Å². The highest BCUT2D eigenvalue weighted by Gasteiger charge is 2.50. The van der Waals surface area contributed by atoms with Crippen molar-refractivity contribution in [3.63, 3.8) is 0 Å². The Kier molecular flexibility index (Phi) is 14.8. The number of hydrogen-bond acceptors (Lipinski definition) is 11. The van der Waals surface area contributed by atoms with Crippen molar-refractivity contribution >= 4 is 47.1 Å². The molecule has 0 bridgehead atoms. The van der Waals surface area contributed by atoms with Crippen molar-refractivity contribution in [2.75, 3.05) is 52.7 Å². The molecule has 5 aliphatic rings. The van der Waals surface area contributed by atoms with E-state index in [-0.39, 0.29) is 93.3 Å². The topological polar surface area (TPSA) is 234 Å². The largest absolute Gasteiger partial charge is 0.478 e. The van der Waals surface area contributed by atoms with Gasteiger partial charge in [-0.05, 0) is 67.0 Å². The minimum atomic E-state index is -3.20. The number of nitrogens with zero attached hydrogens (tertiary/aromatic N) is 5. The quantitative estimate of drug-likeness (QED) is 0.103. The van der Waals surface area contributed by atoms with Gasteiger partial charge >= 0.3 is 5.97 Å². The third-order valence-electron chi connectivity index (χ3n) is 13.9. The number of nitriles is 1. The summed E-state index contributed by atoms with van der Waals surface area (Å²) in [6, 6.07) is 15.3. The zero-order valence-corrected chi connectivity index (χ0v) is 40.4. The summed E-state index contributed by atoms with van der Waals surface area (Å²) >= 11 is 0. The van der Waals surface area contributed by atoms with E-state index in [0.29, 0.717) is 17.1 Å². The molecule has 72 heavy (non-hydrogen) atoms. The number of ether oxygens (including phenoxy) is 1. The van der Waals surface area contributed by atoms with Crippen molar-refractivity contribution in [1.29, 1.82) is 5.26 Å². The molecule has 5 N–H and O–H groups in total. The van der Waals surface area contributed by atoms with Crippen molar-refractivity contribution in [3.05, 3.63) is 118 Å². The van der Waals surface area contributed by atoms with Crippen LogP contribution in [0.1, 0.15) is 86.6 Å². The normalized spacial score (nSPS) is 22.4. The van der Waals surface area contributed by atoms with Crippen molar-refractivity contribution in [2.45, 2.75) is 81.7 Å². The number of nitrogens with one attached hydrogen (secondary N) is 4. The van der Waals surface area contributed by atoms with E-state index in [1.165, 1.54) is 6.07 Å². The molecule has 0 saturated carbocycles. The van der Waals surface area contributed by atoms with Crippen LogP contribution in [0.25, 0.3) is 0 Å². The molecule has 1 aliphatic carbocycles. The Bertz CT molecular complexity index is 2810. The van der Waals surface area contributed by atoms with Gasteiger partial charge in [0, 0.05) is 119 Å². The minimum absolute atomic E-state index is 0.0101. The van der Waals surface area contributed by atoms with Gasteiger partial charge < -0.3 is 45.8 Å². The number of carboxylic acid groups (broad SMARTS) is 1. The van der Waals surface area contributed by atoms with E-state index in [1.54, 1.807) is 29.2 Å². The van der Waals surface area contributed by atoms with E-state index in [9.17, 15) is 52.7 Å². The molecule has 3 aromatic rings. The van der Waals surface area contributed by atoms with Gasteiger partial charge in [-0.1, -0.05) is 42.5 Å². The maximum absolute atomic E-state index is 14.0. The van der Waals surface area contributed by atoms with Crippen LogP contribution in [0.4, 0.5) is 14.5 Å². The lowest BCUT2D eigenvalue weighted by Crippen LogP contribution is -2.46. The maximum Gasteiger partial charge on any atom is 0.336 e. The van der Waals surface area contributed by atoms with Crippen molar-refractivity contribution in [1.82, 2.24) is 36.0 Å². The van der Waals surface area contributed by atoms with Crippen LogP contribution in [0.3, 0.4) is 0 Å². The Morgan fingerprint density at radius 3 is 2.39 bits per heavy atom. The maximum atomic E-state index is 14.0. The number of carboxylic acids is 1. The van der Waals surface area contributed by atoms with Gasteiger partial charge in [-0.2, -0.15) is 5.26 Å². The smallest absolute Gasteiger partial charge is 0.336 e. The summed E-state index contributed by atoms with van der Waals surface area (Å²) in [6.07, 6.45) is 4.86. The summed E-state index contributed by atoms with van der Waals surface area (Å²) < 4.78 is 34.4. The van der Waals surface area contributed by atoms with Crippen LogP contribution in [-0.2, 0) is 43.6 Å². The number of alkyl halides is 2. The highest BCUT2D eigenvalue weighted by Crippen LogP contribution is 2.49. The first-order valence-corrected chi connectivity index (χ1v) is 23.8. The monoisotopic (exact) mass is 989 g/mol. The number of amides is 6. The molecule has 8 rings (SSSR count). The van der Waals surface area contributed by atoms with E-state index in [1.807, 2.05) is 80.5 Å². The molecule has 18 nitrogen and oxygen atoms in total. The molecule has 0 aromatic heterocycles. The van der Waals surface area contributed by atoms with Gasteiger partial charge in [-0.3, -0.25) is 33.7 Å². The van der Waals surface area contributed by atoms with Crippen LogP contribution in [0.15, 0.2) is 78.6 Å². The first kappa shape index (κ1) is 50.7. The summed E-state index contributed by atoms with van der Waals surface area (Å²) in [5.41, 5.74) is 4.85. The van der Waals surface area contributed by atoms with Crippen molar-refractivity contribution in [3.8, 4) is 11.8 Å². The fourth-order valence-electron chi connectivity index (χ4n) is 10.0. The number of allylic oxidation sites excluding steroid dienone is 1. The van der Waals surface area contributed by atoms with Crippen LogP contribution in [0, 0.1) is 23.2 Å². The highest BCUT2D eigenvalue weighted by molar-refractivity contribution is 5.99. The van der Waals surface area contributed by atoms with Crippen LogP contribution in [-0.4, -0.2) is 133 Å². The molecule has 0 spiro atoms. The summed E-state index contributed by atoms with van der Waals surface area (Å²) in [6.45, 7) is -0.213. The Hall–Kier alpha value is -7.66. The number of halogens is 2. The minimum Gasteiger partial charge on any atom is -0.478 e. The van der Waals surface area contributed by atoms with E-state index in [4.69, 9.17) is 4.74 Å². The molecular weight excluding hydrogens is 933 g/mol. The lowest BCUT2D eigenvalue weighted by atomic mass is 9.74. The van der Waals surface area contributed by atoms with Crippen LogP contribution in [0.2, 0.25) is 0 Å². The number of carbonyl (C=O) groups is 7. The molecule has 3 unspecified atom stereocenters. The molecule has 4 heterocycles. The molecule has 20 heteroatoms. The molecule has 2 saturated heterocycles. The van der Waals surface area contributed by atoms with Gasteiger partial charge in [0.05, 0.1) is 18.2 Å². The van der Waals surface area contributed by atoms with Gasteiger partial charge in [0.1, 0.15) is 23.6 Å².